The second-order valence-electron chi connectivity index (χ2n) is 2.93. The molecule has 2 heteroatoms. The summed E-state index contributed by atoms with van der Waals surface area (Å²) in [5.74, 6) is 0. The van der Waals surface area contributed by atoms with Crippen LogP contribution in [0.2, 0.25) is 0 Å². The Labute approximate surface area is 82.7 Å². The average molecular weight is 189 g/mol. The fourth-order valence-electron chi connectivity index (χ4n) is 1.05. The lowest BCUT2D eigenvalue weighted by atomic mass is 10.3. The van der Waals surface area contributed by atoms with Gasteiger partial charge in [0.05, 0.1) is 0 Å². The number of hydrogen-bond acceptors (Lipinski definition) is 1. The van der Waals surface area contributed by atoms with Gasteiger partial charge in [-0.15, -0.1) is 0 Å². The van der Waals surface area contributed by atoms with E-state index >= 15 is 0 Å². The second kappa shape index (κ2) is 4.87. The highest BCUT2D eigenvalue weighted by atomic mass is 28.2. The first-order valence-corrected chi connectivity index (χ1v) is 5.44. The van der Waals surface area contributed by atoms with Gasteiger partial charge < -0.3 is 5.32 Å². The summed E-state index contributed by atoms with van der Waals surface area (Å²) in [4.78, 5) is 0. The van der Waals surface area contributed by atoms with Gasteiger partial charge in [0, 0.05) is 12.7 Å². The molecular weight excluding hydrogens is 174 g/mol. The third kappa shape index (κ3) is 3.07. The Morgan fingerprint density at radius 1 is 1.46 bits per heavy atom. The summed E-state index contributed by atoms with van der Waals surface area (Å²) in [7, 11) is 2.75. The molecule has 1 aromatic rings. The Morgan fingerprint density at radius 2 is 2.23 bits per heavy atom. The van der Waals surface area contributed by atoms with E-state index in [2.05, 4.69) is 49.5 Å². The molecule has 0 aliphatic heterocycles. The van der Waals surface area contributed by atoms with Gasteiger partial charge in [-0.3, -0.25) is 0 Å². The molecular formula is C11H15NSi. The number of rotatable bonds is 3. The highest BCUT2D eigenvalue weighted by Crippen LogP contribution is 2.02. The molecule has 0 aliphatic carbocycles. The molecule has 1 N–H and O–H groups in total. The fraction of sp³-hybridized carbons (Fsp3) is 0.273. The van der Waals surface area contributed by atoms with Crippen LogP contribution in [0, 0.1) is 0 Å². The maximum absolute atomic E-state index is 3.14. The zero-order valence-electron chi connectivity index (χ0n) is 8.39. The van der Waals surface area contributed by atoms with Crippen molar-refractivity contribution >= 4 is 20.4 Å². The summed E-state index contributed by atoms with van der Waals surface area (Å²) in [6.45, 7) is 4.26. The SMILES string of the molecule is CC=C(C)[Si]c1cccc(NC)c1. The zero-order chi connectivity index (χ0) is 9.68. The van der Waals surface area contributed by atoms with Gasteiger partial charge in [-0.25, -0.2) is 0 Å². The van der Waals surface area contributed by atoms with E-state index < -0.39 is 0 Å². The van der Waals surface area contributed by atoms with Crippen LogP contribution in [0.4, 0.5) is 5.69 Å². The van der Waals surface area contributed by atoms with E-state index in [0.717, 1.165) is 9.52 Å². The smallest absolute Gasteiger partial charge is 0.115 e. The summed E-state index contributed by atoms with van der Waals surface area (Å²) < 4.78 is 0. The van der Waals surface area contributed by atoms with Crippen molar-refractivity contribution in [1.82, 2.24) is 0 Å². The van der Waals surface area contributed by atoms with E-state index in [4.69, 9.17) is 0 Å². The third-order valence-corrected chi connectivity index (χ3v) is 3.21. The minimum atomic E-state index is 0.799. The minimum Gasteiger partial charge on any atom is -0.388 e. The monoisotopic (exact) mass is 189 g/mol. The van der Waals surface area contributed by atoms with Crippen LogP contribution in [-0.4, -0.2) is 16.6 Å². The summed E-state index contributed by atoms with van der Waals surface area (Å²) in [5.41, 5.74) is 1.19. The quantitative estimate of drug-likeness (QED) is 0.717. The highest BCUT2D eigenvalue weighted by Gasteiger charge is 1.96. The highest BCUT2D eigenvalue weighted by molar-refractivity contribution is 6.60. The topological polar surface area (TPSA) is 12.0 Å². The van der Waals surface area contributed by atoms with Crippen LogP contribution < -0.4 is 10.5 Å². The molecule has 68 valence electrons. The van der Waals surface area contributed by atoms with Crippen molar-refractivity contribution in [3.8, 4) is 0 Å². The Morgan fingerprint density at radius 3 is 2.85 bits per heavy atom. The Hall–Kier alpha value is -1.02. The molecule has 2 radical (unpaired) electrons. The molecule has 0 saturated carbocycles. The lowest BCUT2D eigenvalue weighted by Gasteiger charge is -2.03. The summed E-state index contributed by atoms with van der Waals surface area (Å²) in [6, 6.07) is 8.55. The van der Waals surface area contributed by atoms with Crippen molar-refractivity contribution in [3.63, 3.8) is 0 Å². The molecule has 0 fully saturated rings. The molecule has 0 bridgehead atoms. The summed E-state index contributed by atoms with van der Waals surface area (Å²) in [6.07, 6.45) is 2.17. The van der Waals surface area contributed by atoms with Crippen LogP contribution in [-0.2, 0) is 0 Å². The molecule has 0 saturated heterocycles. The van der Waals surface area contributed by atoms with Gasteiger partial charge in [0.1, 0.15) is 9.52 Å². The van der Waals surface area contributed by atoms with Crippen LogP contribution in [0.3, 0.4) is 0 Å². The standard InChI is InChI=1S/C11H15NSi/c1-4-9(2)13-11-7-5-6-10(8-11)12-3/h4-8,12H,1-3H3. The van der Waals surface area contributed by atoms with Crippen LogP contribution >= 0.6 is 0 Å². The van der Waals surface area contributed by atoms with Gasteiger partial charge in [0.25, 0.3) is 0 Å². The number of anilines is 1. The van der Waals surface area contributed by atoms with Gasteiger partial charge >= 0.3 is 0 Å². The molecule has 1 nitrogen and oxygen atoms in total. The normalized spacial score (nSPS) is 11.5. The predicted molar refractivity (Wildman–Crippen MR) is 60.8 cm³/mol. The van der Waals surface area contributed by atoms with Crippen molar-refractivity contribution in [2.75, 3.05) is 12.4 Å². The minimum absolute atomic E-state index is 0.799. The van der Waals surface area contributed by atoms with E-state index in [9.17, 15) is 0 Å². The maximum atomic E-state index is 3.14. The van der Waals surface area contributed by atoms with Crippen LogP contribution in [0.25, 0.3) is 0 Å². The first-order chi connectivity index (χ1) is 6.26. The van der Waals surface area contributed by atoms with E-state index in [1.54, 1.807) is 0 Å². The lowest BCUT2D eigenvalue weighted by molar-refractivity contribution is 1.52. The van der Waals surface area contributed by atoms with E-state index in [-0.39, 0.29) is 0 Å². The second-order valence-corrected chi connectivity index (χ2v) is 4.54. The zero-order valence-corrected chi connectivity index (χ0v) is 9.39. The number of hydrogen-bond donors (Lipinski definition) is 1. The molecule has 0 amide bonds. The summed E-state index contributed by atoms with van der Waals surface area (Å²) >= 11 is 0. The number of allylic oxidation sites excluding steroid dienone is 2. The molecule has 0 unspecified atom stereocenters. The Bertz CT molecular complexity index is 305. The Kier molecular flexibility index (Phi) is 3.77. The number of benzene rings is 1. The first kappa shape index (κ1) is 10.1. The van der Waals surface area contributed by atoms with Crippen molar-refractivity contribution in [1.29, 1.82) is 0 Å². The van der Waals surface area contributed by atoms with Gasteiger partial charge in [0.2, 0.25) is 0 Å². The maximum Gasteiger partial charge on any atom is 0.115 e. The van der Waals surface area contributed by atoms with Crippen molar-refractivity contribution in [2.24, 2.45) is 0 Å². The van der Waals surface area contributed by atoms with Crippen LogP contribution in [0.5, 0.6) is 0 Å². The predicted octanol–water partition coefficient (Wildman–Crippen LogP) is 1.98. The average Bonchev–Trinajstić information content (AvgIpc) is 2.18. The molecule has 1 aromatic carbocycles. The number of nitrogens with one attached hydrogen (secondary N) is 1. The van der Waals surface area contributed by atoms with Gasteiger partial charge in [0.15, 0.2) is 0 Å². The molecule has 0 spiro atoms. The van der Waals surface area contributed by atoms with Gasteiger partial charge in [-0.1, -0.05) is 28.6 Å². The van der Waals surface area contributed by atoms with Crippen LogP contribution in [0.15, 0.2) is 35.5 Å². The molecule has 1 rings (SSSR count). The first-order valence-electron chi connectivity index (χ1n) is 4.44. The van der Waals surface area contributed by atoms with E-state index in [1.165, 1.54) is 16.1 Å². The molecule has 0 aliphatic rings. The van der Waals surface area contributed by atoms with Crippen molar-refractivity contribution in [2.45, 2.75) is 13.8 Å². The Balaban J connectivity index is 2.77. The van der Waals surface area contributed by atoms with Crippen molar-refractivity contribution < 1.29 is 0 Å². The van der Waals surface area contributed by atoms with Crippen LogP contribution in [0.1, 0.15) is 13.8 Å². The van der Waals surface area contributed by atoms with E-state index in [0.29, 0.717) is 0 Å². The fourth-order valence-corrected chi connectivity index (χ4v) is 2.06. The van der Waals surface area contributed by atoms with Crippen molar-refractivity contribution in [3.05, 3.63) is 35.5 Å². The largest absolute Gasteiger partial charge is 0.388 e. The third-order valence-electron chi connectivity index (χ3n) is 1.93. The lowest BCUT2D eigenvalue weighted by Crippen LogP contribution is -2.15. The van der Waals surface area contributed by atoms with Gasteiger partial charge in [-0.05, 0) is 26.0 Å². The molecule has 0 heterocycles. The summed E-state index contributed by atoms with van der Waals surface area (Å²) in [5, 5.41) is 5.97. The van der Waals surface area contributed by atoms with Gasteiger partial charge in [-0.2, -0.15) is 0 Å². The molecule has 13 heavy (non-hydrogen) atoms. The molecule has 0 aromatic heterocycles. The van der Waals surface area contributed by atoms with E-state index in [1.807, 2.05) is 7.05 Å². The molecule has 0 atom stereocenters.